The highest BCUT2D eigenvalue weighted by Crippen LogP contribution is 2.23. The van der Waals surface area contributed by atoms with Gasteiger partial charge in [-0.2, -0.15) is 0 Å². The van der Waals surface area contributed by atoms with Gasteiger partial charge in [0.1, 0.15) is 17.6 Å². The minimum Gasteiger partial charge on any atom is -0.463 e. The van der Waals surface area contributed by atoms with Crippen LogP contribution in [-0.4, -0.2) is 5.11 Å². The maximum atomic E-state index is 9.81. The molecule has 0 saturated heterocycles. The van der Waals surface area contributed by atoms with E-state index in [2.05, 4.69) is 6.58 Å². The van der Waals surface area contributed by atoms with Gasteiger partial charge in [-0.05, 0) is 37.3 Å². The predicted octanol–water partition coefficient (Wildman–Crippen LogP) is 3.87. The standard InChI is InChI=1S/C14H22O2/c1-4-5-6-7-8-12-9-10-13(16-12)14(15)11(2)3/h4,9-11,14-15H,1,5-8H2,2-3H3. The Balaban J connectivity index is 2.42. The molecule has 1 heterocycles. The number of aliphatic hydroxyl groups excluding tert-OH is 1. The third-order valence-electron chi connectivity index (χ3n) is 2.69. The lowest BCUT2D eigenvalue weighted by atomic mass is 10.1. The van der Waals surface area contributed by atoms with Crippen LogP contribution in [0, 0.1) is 5.92 Å². The van der Waals surface area contributed by atoms with Crippen molar-refractivity contribution in [3.05, 3.63) is 36.3 Å². The van der Waals surface area contributed by atoms with E-state index in [0.29, 0.717) is 5.76 Å². The first kappa shape index (κ1) is 13.0. The van der Waals surface area contributed by atoms with Gasteiger partial charge in [-0.25, -0.2) is 0 Å². The van der Waals surface area contributed by atoms with Gasteiger partial charge in [-0.15, -0.1) is 6.58 Å². The van der Waals surface area contributed by atoms with Crippen molar-refractivity contribution in [2.45, 2.75) is 45.6 Å². The van der Waals surface area contributed by atoms with Crippen molar-refractivity contribution in [1.29, 1.82) is 0 Å². The molecule has 1 N–H and O–H groups in total. The zero-order chi connectivity index (χ0) is 12.0. The van der Waals surface area contributed by atoms with E-state index in [1.54, 1.807) is 0 Å². The zero-order valence-corrected chi connectivity index (χ0v) is 10.3. The van der Waals surface area contributed by atoms with Crippen LogP contribution >= 0.6 is 0 Å². The summed E-state index contributed by atoms with van der Waals surface area (Å²) >= 11 is 0. The fraction of sp³-hybridized carbons (Fsp3) is 0.571. The van der Waals surface area contributed by atoms with E-state index < -0.39 is 6.10 Å². The summed E-state index contributed by atoms with van der Waals surface area (Å²) in [7, 11) is 0. The maximum absolute atomic E-state index is 9.81. The number of hydrogen-bond acceptors (Lipinski definition) is 2. The van der Waals surface area contributed by atoms with E-state index in [-0.39, 0.29) is 5.92 Å². The number of aryl methyl sites for hydroxylation is 1. The zero-order valence-electron chi connectivity index (χ0n) is 10.3. The molecule has 0 aromatic carbocycles. The van der Waals surface area contributed by atoms with Gasteiger partial charge >= 0.3 is 0 Å². The van der Waals surface area contributed by atoms with Crippen molar-refractivity contribution in [3.63, 3.8) is 0 Å². The summed E-state index contributed by atoms with van der Waals surface area (Å²) in [5.74, 6) is 1.85. The van der Waals surface area contributed by atoms with E-state index in [1.165, 1.54) is 0 Å². The van der Waals surface area contributed by atoms with Crippen LogP contribution in [0.2, 0.25) is 0 Å². The summed E-state index contributed by atoms with van der Waals surface area (Å²) in [6.07, 6.45) is 5.71. The highest BCUT2D eigenvalue weighted by atomic mass is 16.4. The van der Waals surface area contributed by atoms with Gasteiger partial charge < -0.3 is 9.52 Å². The second-order valence-electron chi connectivity index (χ2n) is 4.53. The summed E-state index contributed by atoms with van der Waals surface area (Å²) < 4.78 is 5.61. The normalized spacial score (nSPS) is 13.0. The molecule has 1 atom stereocenters. The minimum atomic E-state index is -0.484. The van der Waals surface area contributed by atoms with Crippen LogP contribution in [0.5, 0.6) is 0 Å². The Labute approximate surface area is 98.0 Å². The van der Waals surface area contributed by atoms with Crippen molar-refractivity contribution in [2.75, 3.05) is 0 Å². The van der Waals surface area contributed by atoms with Crippen LogP contribution in [0.4, 0.5) is 0 Å². The molecule has 1 unspecified atom stereocenters. The van der Waals surface area contributed by atoms with E-state index in [4.69, 9.17) is 4.42 Å². The fourth-order valence-electron chi connectivity index (χ4n) is 1.60. The third-order valence-corrected chi connectivity index (χ3v) is 2.69. The fourth-order valence-corrected chi connectivity index (χ4v) is 1.60. The average Bonchev–Trinajstić information content (AvgIpc) is 2.72. The lowest BCUT2D eigenvalue weighted by Crippen LogP contribution is -2.03. The average molecular weight is 222 g/mol. The Kier molecular flexibility index (Phi) is 5.33. The van der Waals surface area contributed by atoms with Gasteiger partial charge in [0.2, 0.25) is 0 Å². The molecule has 0 fully saturated rings. The molecule has 0 saturated carbocycles. The molecule has 0 spiro atoms. The quantitative estimate of drug-likeness (QED) is 0.561. The summed E-state index contributed by atoms with van der Waals surface area (Å²) in [5.41, 5.74) is 0. The Bertz CT molecular complexity index is 312. The smallest absolute Gasteiger partial charge is 0.132 e. The topological polar surface area (TPSA) is 33.4 Å². The number of allylic oxidation sites excluding steroid dienone is 1. The van der Waals surface area contributed by atoms with Crippen LogP contribution in [-0.2, 0) is 6.42 Å². The molecule has 1 aromatic rings. The first-order valence-electron chi connectivity index (χ1n) is 6.02. The molecule has 0 bridgehead atoms. The maximum Gasteiger partial charge on any atom is 0.132 e. The molecule has 1 aromatic heterocycles. The minimum absolute atomic E-state index is 0.194. The second kappa shape index (κ2) is 6.54. The second-order valence-corrected chi connectivity index (χ2v) is 4.53. The van der Waals surface area contributed by atoms with Crippen LogP contribution in [0.3, 0.4) is 0 Å². The van der Waals surface area contributed by atoms with Gasteiger partial charge in [0.15, 0.2) is 0 Å². The van der Waals surface area contributed by atoms with Gasteiger partial charge in [0.25, 0.3) is 0 Å². The molecule has 0 aliphatic heterocycles. The lowest BCUT2D eigenvalue weighted by molar-refractivity contribution is 0.101. The van der Waals surface area contributed by atoms with Crippen molar-refractivity contribution in [2.24, 2.45) is 5.92 Å². The lowest BCUT2D eigenvalue weighted by Gasteiger charge is -2.10. The number of unbranched alkanes of at least 4 members (excludes halogenated alkanes) is 2. The molecule has 2 nitrogen and oxygen atoms in total. The third kappa shape index (κ3) is 3.86. The molecule has 0 aliphatic carbocycles. The number of hydrogen-bond donors (Lipinski definition) is 1. The molecule has 0 aliphatic rings. The number of furan rings is 1. The van der Waals surface area contributed by atoms with E-state index in [1.807, 2.05) is 32.1 Å². The molecule has 1 rings (SSSR count). The van der Waals surface area contributed by atoms with E-state index in [9.17, 15) is 5.11 Å². The Morgan fingerprint density at radius 2 is 2.12 bits per heavy atom. The Morgan fingerprint density at radius 1 is 1.38 bits per heavy atom. The van der Waals surface area contributed by atoms with Crippen molar-refractivity contribution < 1.29 is 9.52 Å². The largest absolute Gasteiger partial charge is 0.463 e. The van der Waals surface area contributed by atoms with Crippen LogP contribution < -0.4 is 0 Å². The molecule has 0 amide bonds. The predicted molar refractivity (Wildman–Crippen MR) is 66.3 cm³/mol. The Hall–Kier alpha value is -1.02. The number of aliphatic hydroxyl groups is 1. The molecule has 16 heavy (non-hydrogen) atoms. The highest BCUT2D eigenvalue weighted by Gasteiger charge is 2.15. The SMILES string of the molecule is C=CCCCCc1ccc(C(O)C(C)C)o1. The van der Waals surface area contributed by atoms with Crippen LogP contribution in [0.25, 0.3) is 0 Å². The number of rotatable bonds is 7. The van der Waals surface area contributed by atoms with Crippen molar-refractivity contribution >= 4 is 0 Å². The molecular formula is C14H22O2. The monoisotopic (exact) mass is 222 g/mol. The van der Waals surface area contributed by atoms with Gasteiger partial charge in [-0.3, -0.25) is 0 Å². The van der Waals surface area contributed by atoms with Crippen molar-refractivity contribution in [1.82, 2.24) is 0 Å². The molecule has 0 radical (unpaired) electrons. The van der Waals surface area contributed by atoms with Crippen LogP contribution in [0.1, 0.15) is 50.7 Å². The first-order chi connectivity index (χ1) is 7.65. The highest BCUT2D eigenvalue weighted by molar-refractivity contribution is 5.10. The summed E-state index contributed by atoms with van der Waals surface area (Å²) in [5, 5.41) is 9.81. The van der Waals surface area contributed by atoms with Crippen molar-refractivity contribution in [3.8, 4) is 0 Å². The first-order valence-corrected chi connectivity index (χ1v) is 6.02. The molecular weight excluding hydrogens is 200 g/mol. The van der Waals surface area contributed by atoms with Crippen LogP contribution in [0.15, 0.2) is 29.2 Å². The van der Waals surface area contributed by atoms with Gasteiger partial charge in [0, 0.05) is 6.42 Å². The van der Waals surface area contributed by atoms with Gasteiger partial charge in [0.05, 0.1) is 0 Å². The van der Waals surface area contributed by atoms with Gasteiger partial charge in [-0.1, -0.05) is 19.9 Å². The van der Waals surface area contributed by atoms with E-state index in [0.717, 1.165) is 31.4 Å². The molecule has 90 valence electrons. The summed E-state index contributed by atoms with van der Waals surface area (Å²) in [6, 6.07) is 3.85. The van der Waals surface area contributed by atoms with E-state index >= 15 is 0 Å². The molecule has 2 heteroatoms. The Morgan fingerprint density at radius 3 is 2.75 bits per heavy atom. The summed E-state index contributed by atoms with van der Waals surface area (Å²) in [6.45, 7) is 7.66. The summed E-state index contributed by atoms with van der Waals surface area (Å²) in [4.78, 5) is 0.